The maximum absolute atomic E-state index is 11.0. The molecule has 3 nitrogen and oxygen atoms in total. The lowest BCUT2D eigenvalue weighted by Gasteiger charge is -2.32. The predicted molar refractivity (Wildman–Crippen MR) is 81.1 cm³/mol. The summed E-state index contributed by atoms with van der Waals surface area (Å²) in [5.74, 6) is 0.0831. The topological polar surface area (TPSA) is 32.3 Å². The largest absolute Gasteiger partial charge is 0.339 e. The lowest BCUT2D eigenvalue weighted by Crippen LogP contribution is -2.34. The van der Waals surface area contributed by atoms with E-state index in [1.807, 2.05) is 4.90 Å². The molecule has 110 valence electrons. The molecule has 0 aromatic heterocycles. The van der Waals surface area contributed by atoms with Gasteiger partial charge in [0.2, 0.25) is 5.91 Å². The van der Waals surface area contributed by atoms with Crippen molar-refractivity contribution in [3.05, 3.63) is 12.7 Å². The smallest absolute Gasteiger partial charge is 0.245 e. The Bertz CT molecular complexity index is 276. The molecule has 0 bridgehead atoms. The zero-order chi connectivity index (χ0) is 14.1. The molecule has 0 unspecified atom stereocenters. The van der Waals surface area contributed by atoms with Crippen LogP contribution in [0.5, 0.6) is 0 Å². The molecule has 0 spiro atoms. The van der Waals surface area contributed by atoms with Gasteiger partial charge in [-0.3, -0.25) is 4.79 Å². The van der Waals surface area contributed by atoms with Crippen molar-refractivity contribution in [3.8, 4) is 0 Å². The molecule has 0 aromatic rings. The van der Waals surface area contributed by atoms with Crippen LogP contribution in [0.15, 0.2) is 12.7 Å². The second-order valence-electron chi connectivity index (χ2n) is 6.00. The SMILES string of the molecule is C=CC(=O)N1CCCCC1.CCC1(C)CCNCC1. The van der Waals surface area contributed by atoms with Gasteiger partial charge in [0, 0.05) is 13.1 Å². The number of nitrogens with one attached hydrogen (secondary N) is 1. The second kappa shape index (κ2) is 8.36. The van der Waals surface area contributed by atoms with Gasteiger partial charge in [0.15, 0.2) is 0 Å². The van der Waals surface area contributed by atoms with Crippen LogP contribution in [0.2, 0.25) is 0 Å². The third-order valence-electron chi connectivity index (χ3n) is 4.51. The highest BCUT2D eigenvalue weighted by Gasteiger charge is 2.23. The molecule has 2 aliphatic heterocycles. The third-order valence-corrected chi connectivity index (χ3v) is 4.51. The van der Waals surface area contributed by atoms with Crippen LogP contribution in [0.1, 0.15) is 52.4 Å². The Morgan fingerprint density at radius 1 is 1.26 bits per heavy atom. The fourth-order valence-electron chi connectivity index (χ4n) is 2.63. The fourth-order valence-corrected chi connectivity index (χ4v) is 2.63. The Morgan fingerprint density at radius 2 is 1.84 bits per heavy atom. The lowest BCUT2D eigenvalue weighted by atomic mass is 9.79. The second-order valence-corrected chi connectivity index (χ2v) is 6.00. The molecule has 3 heteroatoms. The summed E-state index contributed by atoms with van der Waals surface area (Å²) in [6.07, 6.45) is 9.03. The van der Waals surface area contributed by atoms with Crippen LogP contribution >= 0.6 is 0 Å². The third kappa shape index (κ3) is 5.77. The zero-order valence-corrected chi connectivity index (χ0v) is 12.7. The quantitative estimate of drug-likeness (QED) is 0.779. The molecule has 2 saturated heterocycles. The summed E-state index contributed by atoms with van der Waals surface area (Å²) in [5.41, 5.74) is 0.658. The maximum atomic E-state index is 11.0. The number of hydrogen-bond acceptors (Lipinski definition) is 2. The van der Waals surface area contributed by atoms with Crippen molar-refractivity contribution in [3.63, 3.8) is 0 Å². The maximum Gasteiger partial charge on any atom is 0.245 e. The summed E-state index contributed by atoms with van der Waals surface area (Å²) < 4.78 is 0. The van der Waals surface area contributed by atoms with E-state index < -0.39 is 0 Å². The van der Waals surface area contributed by atoms with E-state index in [4.69, 9.17) is 0 Å². The monoisotopic (exact) mass is 266 g/mol. The highest BCUT2D eigenvalue weighted by atomic mass is 16.2. The Labute approximate surface area is 118 Å². The number of hydrogen-bond donors (Lipinski definition) is 1. The van der Waals surface area contributed by atoms with Crippen LogP contribution in [-0.4, -0.2) is 37.0 Å². The first-order chi connectivity index (χ1) is 9.11. The Balaban J connectivity index is 0.000000191. The lowest BCUT2D eigenvalue weighted by molar-refractivity contribution is -0.126. The summed E-state index contributed by atoms with van der Waals surface area (Å²) >= 11 is 0. The molecule has 2 aliphatic rings. The number of nitrogens with zero attached hydrogens (tertiary/aromatic N) is 1. The summed E-state index contributed by atoms with van der Waals surface area (Å²) in [6, 6.07) is 0. The molecule has 0 aliphatic carbocycles. The molecule has 1 N–H and O–H groups in total. The van der Waals surface area contributed by atoms with Crippen molar-refractivity contribution < 1.29 is 4.79 Å². The van der Waals surface area contributed by atoms with E-state index in [2.05, 4.69) is 25.7 Å². The molecule has 2 heterocycles. The van der Waals surface area contributed by atoms with Gasteiger partial charge < -0.3 is 10.2 Å². The first kappa shape index (κ1) is 16.2. The fraction of sp³-hybridized carbons (Fsp3) is 0.812. The minimum Gasteiger partial charge on any atom is -0.339 e. The Kier molecular flexibility index (Phi) is 7.14. The van der Waals surface area contributed by atoms with Gasteiger partial charge in [0.1, 0.15) is 0 Å². The zero-order valence-electron chi connectivity index (χ0n) is 12.7. The van der Waals surface area contributed by atoms with Gasteiger partial charge in [-0.2, -0.15) is 0 Å². The minimum absolute atomic E-state index is 0.0831. The highest BCUT2D eigenvalue weighted by Crippen LogP contribution is 2.30. The number of likely N-dealkylation sites (tertiary alicyclic amines) is 1. The molecule has 2 rings (SSSR count). The molecule has 0 aromatic carbocycles. The van der Waals surface area contributed by atoms with E-state index >= 15 is 0 Å². The average molecular weight is 266 g/mol. The van der Waals surface area contributed by atoms with Crippen LogP contribution in [0.3, 0.4) is 0 Å². The van der Waals surface area contributed by atoms with E-state index in [1.54, 1.807) is 0 Å². The number of carbonyl (C=O) groups excluding carboxylic acids is 1. The van der Waals surface area contributed by atoms with Crippen molar-refractivity contribution in [1.82, 2.24) is 10.2 Å². The van der Waals surface area contributed by atoms with Crippen molar-refractivity contribution in [2.75, 3.05) is 26.2 Å². The summed E-state index contributed by atoms with van der Waals surface area (Å²) in [7, 11) is 0. The van der Waals surface area contributed by atoms with Gasteiger partial charge in [-0.25, -0.2) is 0 Å². The van der Waals surface area contributed by atoms with Crippen LogP contribution in [-0.2, 0) is 4.79 Å². The van der Waals surface area contributed by atoms with Gasteiger partial charge in [0.25, 0.3) is 0 Å². The minimum atomic E-state index is 0.0831. The Morgan fingerprint density at radius 3 is 2.26 bits per heavy atom. The molecular weight excluding hydrogens is 236 g/mol. The molecule has 1 amide bonds. The van der Waals surface area contributed by atoms with Crippen LogP contribution in [0, 0.1) is 5.41 Å². The van der Waals surface area contributed by atoms with E-state index in [-0.39, 0.29) is 5.91 Å². The molecule has 2 fully saturated rings. The first-order valence-corrected chi connectivity index (χ1v) is 7.73. The summed E-state index contributed by atoms with van der Waals surface area (Å²) in [5, 5.41) is 3.37. The molecule has 0 atom stereocenters. The first-order valence-electron chi connectivity index (χ1n) is 7.73. The van der Waals surface area contributed by atoms with E-state index in [0.717, 1.165) is 25.9 Å². The van der Waals surface area contributed by atoms with Crippen molar-refractivity contribution in [2.24, 2.45) is 5.41 Å². The number of carbonyl (C=O) groups is 1. The average Bonchev–Trinajstić information content (AvgIpc) is 2.49. The number of rotatable bonds is 2. The van der Waals surface area contributed by atoms with Crippen LogP contribution < -0.4 is 5.32 Å². The van der Waals surface area contributed by atoms with Gasteiger partial charge in [-0.1, -0.05) is 26.8 Å². The Hall–Kier alpha value is -0.830. The number of piperidine rings is 2. The molecule has 0 saturated carbocycles. The van der Waals surface area contributed by atoms with E-state index in [0.29, 0.717) is 5.41 Å². The normalized spacial score (nSPS) is 22.1. The molecular formula is C16H30N2O. The molecule has 19 heavy (non-hydrogen) atoms. The van der Waals surface area contributed by atoms with E-state index in [1.165, 1.54) is 44.8 Å². The van der Waals surface area contributed by atoms with Gasteiger partial charge in [-0.05, 0) is 56.7 Å². The number of amides is 1. The summed E-state index contributed by atoms with van der Waals surface area (Å²) in [4.78, 5) is 12.8. The van der Waals surface area contributed by atoms with Crippen molar-refractivity contribution in [2.45, 2.75) is 52.4 Å². The van der Waals surface area contributed by atoms with Crippen molar-refractivity contribution >= 4 is 5.91 Å². The van der Waals surface area contributed by atoms with Crippen LogP contribution in [0.25, 0.3) is 0 Å². The predicted octanol–water partition coefficient (Wildman–Crippen LogP) is 2.97. The van der Waals surface area contributed by atoms with Crippen LogP contribution in [0.4, 0.5) is 0 Å². The standard InChI is InChI=1S/C8H13NO.C8H17N/c1-2-8(10)9-6-4-3-5-7-9;1-3-8(2)4-6-9-7-5-8/h2H,1,3-7H2;9H,3-7H2,1-2H3. The van der Waals surface area contributed by atoms with E-state index in [9.17, 15) is 4.79 Å². The van der Waals surface area contributed by atoms with Gasteiger partial charge in [-0.15, -0.1) is 0 Å². The van der Waals surface area contributed by atoms with Gasteiger partial charge >= 0.3 is 0 Å². The highest BCUT2D eigenvalue weighted by molar-refractivity contribution is 5.86. The van der Waals surface area contributed by atoms with Crippen molar-refractivity contribution in [1.29, 1.82) is 0 Å². The molecule has 0 radical (unpaired) electrons. The van der Waals surface area contributed by atoms with Gasteiger partial charge in [0.05, 0.1) is 0 Å². The summed E-state index contributed by atoms with van der Waals surface area (Å²) in [6.45, 7) is 12.4.